The van der Waals surface area contributed by atoms with Gasteiger partial charge in [-0.1, -0.05) is 13.0 Å². The lowest BCUT2D eigenvalue weighted by atomic mass is 9.77. The molecule has 1 saturated heterocycles. The molecule has 0 bridgehead atoms. The number of benzene rings is 1. The molecule has 1 amide bonds. The highest BCUT2D eigenvalue weighted by atomic mass is 19.4. The third-order valence-electron chi connectivity index (χ3n) is 6.03. The Morgan fingerprint density at radius 3 is 2.52 bits per heavy atom. The van der Waals surface area contributed by atoms with Gasteiger partial charge in [-0.05, 0) is 26.0 Å². The van der Waals surface area contributed by atoms with Crippen LogP contribution in [0.2, 0.25) is 0 Å². The summed E-state index contributed by atoms with van der Waals surface area (Å²) >= 11 is 0. The molecule has 0 spiro atoms. The van der Waals surface area contributed by atoms with E-state index < -0.39 is 58.6 Å². The van der Waals surface area contributed by atoms with Crippen molar-refractivity contribution in [3.63, 3.8) is 0 Å². The highest BCUT2D eigenvalue weighted by Gasteiger charge is 2.65. The van der Waals surface area contributed by atoms with Gasteiger partial charge in [0.1, 0.15) is 6.10 Å². The third kappa shape index (κ3) is 4.33. The number of halogens is 5. The fraction of sp³-hybridized carbons (Fsp3) is 0.455. The van der Waals surface area contributed by atoms with Crippen LogP contribution < -0.4 is 15.6 Å². The molecule has 3 rings (SSSR count). The van der Waals surface area contributed by atoms with Crippen molar-refractivity contribution in [2.24, 2.45) is 13.0 Å². The summed E-state index contributed by atoms with van der Waals surface area (Å²) in [6.45, 7) is 3.44. The number of hydrogen-bond donors (Lipinski definition) is 1. The number of rotatable bonds is 5. The van der Waals surface area contributed by atoms with E-state index in [0.717, 1.165) is 25.1 Å². The molecule has 1 aromatic heterocycles. The Morgan fingerprint density at radius 1 is 1.27 bits per heavy atom. The number of aromatic nitrogens is 1. The number of nitrogens with zero attached hydrogens (tertiary/aromatic N) is 1. The van der Waals surface area contributed by atoms with Gasteiger partial charge >= 0.3 is 6.18 Å². The summed E-state index contributed by atoms with van der Waals surface area (Å²) in [6.07, 6.45) is -5.23. The lowest BCUT2D eigenvalue weighted by Gasteiger charge is -2.32. The summed E-state index contributed by atoms with van der Waals surface area (Å²) in [5.41, 5.74) is -3.29. The monoisotopic (exact) mass is 474 g/mol. The minimum Gasteiger partial charge on any atom is -0.490 e. The quantitative estimate of drug-likeness (QED) is 0.662. The number of ether oxygens (including phenoxy) is 2. The van der Waals surface area contributed by atoms with Crippen molar-refractivity contribution in [2.75, 3.05) is 11.9 Å². The van der Waals surface area contributed by atoms with Gasteiger partial charge in [-0.3, -0.25) is 9.59 Å². The Balaban J connectivity index is 2.10. The van der Waals surface area contributed by atoms with Crippen LogP contribution in [0.4, 0.5) is 27.6 Å². The summed E-state index contributed by atoms with van der Waals surface area (Å²) in [7, 11) is 1.48. The molecule has 1 aliphatic heterocycles. The van der Waals surface area contributed by atoms with Crippen molar-refractivity contribution in [1.29, 1.82) is 0 Å². The first-order chi connectivity index (χ1) is 15.3. The van der Waals surface area contributed by atoms with Crippen LogP contribution in [-0.4, -0.2) is 35.0 Å². The first-order valence-corrected chi connectivity index (χ1v) is 10.1. The van der Waals surface area contributed by atoms with E-state index in [4.69, 9.17) is 9.47 Å². The fourth-order valence-corrected chi connectivity index (χ4v) is 3.96. The Bertz CT molecular complexity index is 1120. The molecule has 0 radical (unpaired) electrons. The molecule has 11 heteroatoms. The number of aryl methyl sites for hydroxylation is 1. The maximum atomic E-state index is 14.5. The Labute approximate surface area is 186 Å². The highest BCUT2D eigenvalue weighted by Crippen LogP contribution is 2.55. The van der Waals surface area contributed by atoms with Crippen molar-refractivity contribution in [2.45, 2.75) is 44.6 Å². The smallest absolute Gasteiger partial charge is 0.417 e. The first-order valence-electron chi connectivity index (χ1n) is 10.1. The Kier molecular flexibility index (Phi) is 6.56. The van der Waals surface area contributed by atoms with E-state index in [2.05, 4.69) is 5.32 Å². The van der Waals surface area contributed by atoms with E-state index in [1.54, 1.807) is 0 Å². The van der Waals surface area contributed by atoms with Crippen molar-refractivity contribution in [3.05, 3.63) is 58.0 Å². The van der Waals surface area contributed by atoms with Crippen LogP contribution in [0.3, 0.4) is 0 Å². The molecule has 6 nitrogen and oxygen atoms in total. The van der Waals surface area contributed by atoms with Gasteiger partial charge < -0.3 is 19.4 Å². The fourth-order valence-electron chi connectivity index (χ4n) is 3.96. The second kappa shape index (κ2) is 8.77. The Morgan fingerprint density at radius 2 is 1.94 bits per heavy atom. The van der Waals surface area contributed by atoms with Crippen LogP contribution in [-0.2, 0) is 16.6 Å². The molecule has 1 fully saturated rings. The zero-order chi connectivity index (χ0) is 24.7. The van der Waals surface area contributed by atoms with Crippen LogP contribution in [0.25, 0.3) is 0 Å². The number of anilines is 1. The van der Waals surface area contributed by atoms with Crippen LogP contribution in [0.1, 0.15) is 32.3 Å². The first kappa shape index (κ1) is 24.7. The molecule has 1 aromatic carbocycles. The zero-order valence-corrected chi connectivity index (χ0v) is 18.3. The summed E-state index contributed by atoms with van der Waals surface area (Å²) in [5.74, 6) is -6.86. The second-order valence-electron chi connectivity index (χ2n) is 8.02. The van der Waals surface area contributed by atoms with E-state index in [0.29, 0.717) is 0 Å². The van der Waals surface area contributed by atoms with Crippen molar-refractivity contribution in [1.82, 2.24) is 4.57 Å². The van der Waals surface area contributed by atoms with E-state index in [1.165, 1.54) is 37.7 Å². The minimum atomic E-state index is -4.87. The van der Waals surface area contributed by atoms with Gasteiger partial charge in [0.05, 0.1) is 6.61 Å². The molecule has 2 heterocycles. The van der Waals surface area contributed by atoms with E-state index in [-0.39, 0.29) is 17.9 Å². The Hall–Kier alpha value is -2.95. The average molecular weight is 474 g/mol. The van der Waals surface area contributed by atoms with Crippen molar-refractivity contribution in [3.8, 4) is 5.75 Å². The molecular formula is C22H23F5N2O4. The minimum absolute atomic E-state index is 0.0500. The van der Waals surface area contributed by atoms with Gasteiger partial charge in [0.2, 0.25) is 5.82 Å². The van der Waals surface area contributed by atoms with Crippen molar-refractivity contribution < 1.29 is 36.2 Å². The summed E-state index contributed by atoms with van der Waals surface area (Å²) < 4.78 is 82.0. The number of hydrogen-bond acceptors (Lipinski definition) is 4. The number of carbonyl (C=O) groups is 1. The number of pyridine rings is 1. The van der Waals surface area contributed by atoms with Crippen LogP contribution >= 0.6 is 0 Å². The molecule has 1 N–H and O–H groups in total. The van der Waals surface area contributed by atoms with Gasteiger partial charge in [-0.2, -0.15) is 17.6 Å². The van der Waals surface area contributed by atoms with E-state index >= 15 is 0 Å². The largest absolute Gasteiger partial charge is 0.490 e. The predicted molar refractivity (Wildman–Crippen MR) is 109 cm³/mol. The van der Waals surface area contributed by atoms with Gasteiger partial charge in [0.15, 0.2) is 17.2 Å². The molecule has 0 aliphatic carbocycles. The van der Waals surface area contributed by atoms with Gasteiger partial charge in [-0.15, -0.1) is 0 Å². The number of carbonyl (C=O) groups excluding carboxylic acids is 1. The maximum Gasteiger partial charge on any atom is 0.417 e. The van der Waals surface area contributed by atoms with Gasteiger partial charge in [-0.25, -0.2) is 4.39 Å². The molecule has 4 atom stereocenters. The number of alkyl halides is 3. The molecular weight excluding hydrogens is 451 g/mol. The summed E-state index contributed by atoms with van der Waals surface area (Å²) in [6, 6.07) is 4.34. The van der Waals surface area contributed by atoms with Crippen molar-refractivity contribution >= 4 is 11.6 Å². The molecule has 4 unspecified atom stereocenters. The van der Waals surface area contributed by atoms with Crippen LogP contribution in [0.5, 0.6) is 5.75 Å². The van der Waals surface area contributed by atoms with Crippen LogP contribution in [0.15, 0.2) is 35.3 Å². The lowest BCUT2D eigenvalue weighted by molar-refractivity contribution is -0.272. The maximum absolute atomic E-state index is 14.5. The molecule has 2 aromatic rings. The molecule has 180 valence electrons. The topological polar surface area (TPSA) is 69.6 Å². The van der Waals surface area contributed by atoms with E-state index in [9.17, 15) is 31.5 Å². The normalized spacial score (nSPS) is 25.2. The third-order valence-corrected chi connectivity index (χ3v) is 6.03. The second-order valence-corrected chi connectivity index (χ2v) is 8.02. The summed E-state index contributed by atoms with van der Waals surface area (Å²) in [5, 5.41) is 2.39. The molecule has 1 aliphatic rings. The lowest BCUT2D eigenvalue weighted by Crippen LogP contribution is -2.47. The zero-order valence-electron chi connectivity index (χ0n) is 18.3. The average Bonchev–Trinajstić information content (AvgIpc) is 3.01. The number of amides is 1. The van der Waals surface area contributed by atoms with Crippen LogP contribution in [0, 0.1) is 17.6 Å². The van der Waals surface area contributed by atoms with E-state index in [1.807, 2.05) is 0 Å². The highest BCUT2D eigenvalue weighted by molar-refractivity contribution is 5.95. The molecule has 0 saturated carbocycles. The molecule has 33 heavy (non-hydrogen) atoms. The summed E-state index contributed by atoms with van der Waals surface area (Å²) in [4.78, 5) is 24.9. The standard InChI is InChI=1S/C22H23F5N2O4/c1-5-32-18-13(6-7-14(23)17(18)24)16-11(2)21(3,22(25,26)27)33-19(16)20(31)28-12-8-9-29(4)15(30)10-12/h6-11,16,19H,5H2,1-4H3,(H,28,31). The number of nitrogens with one attached hydrogen (secondary N) is 1. The predicted octanol–water partition coefficient (Wildman–Crippen LogP) is 4.14. The SMILES string of the molecule is CCOc1c(C2C(C(=O)Nc3ccn(C)c(=O)c3)OC(C)(C(F)(F)F)C2C)ccc(F)c1F. The van der Waals surface area contributed by atoms with Gasteiger partial charge in [0, 0.05) is 42.4 Å². The van der Waals surface area contributed by atoms with Gasteiger partial charge in [0.25, 0.3) is 11.5 Å².